The number of nitrogens with one attached hydrogen (secondary N) is 1. The molecule has 1 saturated carbocycles. The molecule has 2 aromatic heterocycles. The molecule has 178 valence electrons. The zero-order chi connectivity index (χ0) is 23.2. The average molecular weight is 458 g/mol. The van der Waals surface area contributed by atoms with E-state index in [2.05, 4.69) is 20.1 Å². The van der Waals surface area contributed by atoms with Crippen LogP contribution in [0.2, 0.25) is 0 Å². The number of nitrogens with zero attached hydrogens (tertiary/aromatic N) is 4. The van der Waals surface area contributed by atoms with Gasteiger partial charge in [-0.25, -0.2) is 4.98 Å². The molecule has 6 nitrogen and oxygen atoms in total. The second-order valence-electron chi connectivity index (χ2n) is 9.57. The highest BCUT2D eigenvalue weighted by Gasteiger charge is 2.24. The Morgan fingerprint density at radius 3 is 2.53 bits per heavy atom. The monoisotopic (exact) mass is 457 g/mol. The Morgan fingerprint density at radius 1 is 0.941 bits per heavy atom. The van der Waals surface area contributed by atoms with Gasteiger partial charge in [-0.05, 0) is 50.1 Å². The fourth-order valence-electron chi connectivity index (χ4n) is 5.41. The smallest absolute Gasteiger partial charge is 0.252 e. The van der Waals surface area contributed by atoms with Crippen molar-refractivity contribution in [2.45, 2.75) is 44.6 Å². The molecule has 1 aliphatic heterocycles. The maximum atomic E-state index is 13.1. The first-order chi connectivity index (χ1) is 16.8. The van der Waals surface area contributed by atoms with E-state index in [-0.39, 0.29) is 5.91 Å². The lowest BCUT2D eigenvalue weighted by atomic mass is 9.94. The van der Waals surface area contributed by atoms with Crippen LogP contribution in [0.3, 0.4) is 0 Å². The fraction of sp³-hybridized carbons (Fsp3) is 0.464. The predicted octanol–water partition coefficient (Wildman–Crippen LogP) is 4.37. The van der Waals surface area contributed by atoms with Crippen LogP contribution in [0.4, 0.5) is 0 Å². The molecule has 0 radical (unpaired) electrons. The van der Waals surface area contributed by atoms with E-state index in [0.29, 0.717) is 12.1 Å². The van der Waals surface area contributed by atoms with Gasteiger partial charge in [-0.1, -0.05) is 43.5 Å². The van der Waals surface area contributed by atoms with Crippen LogP contribution in [0.25, 0.3) is 22.3 Å². The van der Waals surface area contributed by atoms with Crippen LogP contribution in [-0.4, -0.2) is 71.0 Å². The lowest BCUT2D eigenvalue weighted by Gasteiger charge is -2.40. The molecule has 0 unspecified atom stereocenters. The van der Waals surface area contributed by atoms with Crippen LogP contribution in [0.1, 0.15) is 48.9 Å². The summed E-state index contributed by atoms with van der Waals surface area (Å²) in [6.07, 6.45) is 9.71. The van der Waals surface area contributed by atoms with Crippen molar-refractivity contribution in [1.82, 2.24) is 25.1 Å². The first-order valence-corrected chi connectivity index (χ1v) is 12.8. The summed E-state index contributed by atoms with van der Waals surface area (Å²) in [5.74, 6) is -0.0436. The van der Waals surface area contributed by atoms with Crippen LogP contribution in [0.5, 0.6) is 0 Å². The third-order valence-corrected chi connectivity index (χ3v) is 7.32. The Bertz CT molecular complexity index is 1090. The van der Waals surface area contributed by atoms with Crippen LogP contribution in [-0.2, 0) is 0 Å². The van der Waals surface area contributed by atoms with Crippen LogP contribution < -0.4 is 5.32 Å². The maximum absolute atomic E-state index is 13.1. The van der Waals surface area contributed by atoms with E-state index in [4.69, 9.17) is 4.98 Å². The Labute approximate surface area is 202 Å². The second kappa shape index (κ2) is 11.1. The van der Waals surface area contributed by atoms with Crippen molar-refractivity contribution in [3.8, 4) is 11.4 Å². The molecular weight excluding hydrogens is 422 g/mol. The third kappa shape index (κ3) is 5.45. The van der Waals surface area contributed by atoms with E-state index in [1.54, 1.807) is 6.20 Å². The lowest BCUT2D eigenvalue weighted by molar-refractivity contribution is 0.0779. The van der Waals surface area contributed by atoms with E-state index >= 15 is 0 Å². The molecule has 1 saturated heterocycles. The van der Waals surface area contributed by atoms with E-state index in [9.17, 15) is 4.79 Å². The number of para-hydroxylation sites is 1. The molecule has 6 heteroatoms. The molecule has 5 rings (SSSR count). The molecule has 3 heterocycles. The fourth-order valence-corrected chi connectivity index (χ4v) is 5.41. The van der Waals surface area contributed by atoms with Crippen molar-refractivity contribution < 1.29 is 4.79 Å². The molecule has 2 aliphatic rings. The Hall–Kier alpha value is -2.83. The number of amides is 1. The number of aromatic nitrogens is 2. The van der Waals surface area contributed by atoms with E-state index in [1.807, 2.05) is 48.5 Å². The van der Waals surface area contributed by atoms with Gasteiger partial charge in [0.05, 0.1) is 22.5 Å². The van der Waals surface area contributed by atoms with Gasteiger partial charge in [0, 0.05) is 50.3 Å². The topological polar surface area (TPSA) is 61.4 Å². The van der Waals surface area contributed by atoms with Crippen LogP contribution in [0, 0.1) is 0 Å². The predicted molar refractivity (Wildman–Crippen MR) is 137 cm³/mol. The molecule has 2 fully saturated rings. The van der Waals surface area contributed by atoms with Gasteiger partial charge in [0.15, 0.2) is 0 Å². The number of hydrogen-bond acceptors (Lipinski definition) is 5. The minimum atomic E-state index is -0.0436. The maximum Gasteiger partial charge on any atom is 0.252 e. The van der Waals surface area contributed by atoms with Crippen molar-refractivity contribution in [3.05, 3.63) is 60.3 Å². The van der Waals surface area contributed by atoms with E-state index < -0.39 is 0 Å². The number of piperazine rings is 1. The molecule has 0 spiro atoms. The van der Waals surface area contributed by atoms with E-state index in [0.717, 1.165) is 54.4 Å². The average Bonchev–Trinajstić information content (AvgIpc) is 2.91. The number of carbonyl (C=O) groups is 1. The summed E-state index contributed by atoms with van der Waals surface area (Å²) in [4.78, 5) is 27.5. The van der Waals surface area contributed by atoms with Gasteiger partial charge in [0.25, 0.3) is 5.91 Å². The second-order valence-corrected chi connectivity index (χ2v) is 9.57. The van der Waals surface area contributed by atoms with Gasteiger partial charge < -0.3 is 10.2 Å². The van der Waals surface area contributed by atoms with Gasteiger partial charge in [-0.2, -0.15) is 0 Å². The third-order valence-electron chi connectivity index (χ3n) is 7.32. The quantitative estimate of drug-likeness (QED) is 0.534. The van der Waals surface area contributed by atoms with Crippen molar-refractivity contribution in [1.29, 1.82) is 0 Å². The Kier molecular flexibility index (Phi) is 7.46. The summed E-state index contributed by atoms with van der Waals surface area (Å²) in [7, 11) is 0. The largest absolute Gasteiger partial charge is 0.352 e. The number of pyridine rings is 2. The van der Waals surface area contributed by atoms with Crippen molar-refractivity contribution in [2.75, 3.05) is 39.3 Å². The lowest BCUT2D eigenvalue weighted by Crippen LogP contribution is -2.51. The zero-order valence-corrected chi connectivity index (χ0v) is 20.0. The molecule has 3 aromatic rings. The number of carbonyl (C=O) groups excluding carboxylic acids is 1. The number of fused-ring (bicyclic) bond motifs is 1. The van der Waals surface area contributed by atoms with Crippen molar-refractivity contribution >= 4 is 16.8 Å². The minimum Gasteiger partial charge on any atom is -0.352 e. The SMILES string of the molecule is O=C(NCCCN1CCN(C2CCCCC2)CC1)c1cc(-c2ccccn2)nc2ccccc12. The van der Waals surface area contributed by atoms with Crippen molar-refractivity contribution in [3.63, 3.8) is 0 Å². The zero-order valence-electron chi connectivity index (χ0n) is 20.0. The van der Waals surface area contributed by atoms with Crippen LogP contribution >= 0.6 is 0 Å². The summed E-state index contributed by atoms with van der Waals surface area (Å²) in [6, 6.07) is 16.2. The molecular formula is C28H35N5O. The van der Waals surface area contributed by atoms with Gasteiger partial charge in [-0.3, -0.25) is 14.7 Å². The molecule has 34 heavy (non-hydrogen) atoms. The van der Waals surface area contributed by atoms with E-state index in [1.165, 1.54) is 45.2 Å². The van der Waals surface area contributed by atoms with Crippen molar-refractivity contribution in [2.24, 2.45) is 0 Å². The number of benzene rings is 1. The minimum absolute atomic E-state index is 0.0436. The summed E-state index contributed by atoms with van der Waals surface area (Å²) in [6.45, 7) is 6.39. The first-order valence-electron chi connectivity index (χ1n) is 12.8. The number of rotatable bonds is 7. The summed E-state index contributed by atoms with van der Waals surface area (Å²) < 4.78 is 0. The summed E-state index contributed by atoms with van der Waals surface area (Å²) >= 11 is 0. The molecule has 0 atom stereocenters. The standard InChI is InChI=1S/C28H35N5O/c34-28(30-15-8-16-32-17-19-33(20-18-32)22-9-2-1-3-10-22)24-21-27(26-13-6-7-14-29-26)31-25-12-5-4-11-23(24)25/h4-7,11-14,21-22H,1-3,8-10,15-20H2,(H,30,34). The normalized spacial score (nSPS) is 18.2. The summed E-state index contributed by atoms with van der Waals surface area (Å²) in [5.41, 5.74) is 2.97. The highest BCUT2D eigenvalue weighted by Crippen LogP contribution is 2.24. The summed E-state index contributed by atoms with van der Waals surface area (Å²) in [5, 5.41) is 4.02. The van der Waals surface area contributed by atoms with Gasteiger partial charge in [0.2, 0.25) is 0 Å². The van der Waals surface area contributed by atoms with Crippen LogP contribution in [0.15, 0.2) is 54.7 Å². The Balaban J connectivity index is 1.15. The highest BCUT2D eigenvalue weighted by atomic mass is 16.1. The van der Waals surface area contributed by atoms with Gasteiger partial charge in [0.1, 0.15) is 0 Å². The molecule has 1 amide bonds. The highest BCUT2D eigenvalue weighted by molar-refractivity contribution is 6.07. The molecule has 1 aliphatic carbocycles. The molecule has 1 aromatic carbocycles. The first kappa shape index (κ1) is 22.9. The van der Waals surface area contributed by atoms with Gasteiger partial charge in [-0.15, -0.1) is 0 Å². The molecule has 0 bridgehead atoms. The van der Waals surface area contributed by atoms with Gasteiger partial charge >= 0.3 is 0 Å². The number of hydrogen-bond donors (Lipinski definition) is 1. The molecule has 1 N–H and O–H groups in total. The Morgan fingerprint density at radius 2 is 1.74 bits per heavy atom.